The molecule has 0 N–H and O–H groups in total. The largest absolute Gasteiger partial charge is 0.486 e. The summed E-state index contributed by atoms with van der Waals surface area (Å²) in [6.07, 6.45) is 3.59. The van der Waals surface area contributed by atoms with Crippen molar-refractivity contribution in [1.82, 2.24) is 4.90 Å². The van der Waals surface area contributed by atoms with E-state index in [9.17, 15) is 4.79 Å². The van der Waals surface area contributed by atoms with Crippen molar-refractivity contribution in [3.05, 3.63) is 29.8 Å². The van der Waals surface area contributed by atoms with Crippen LogP contribution in [0.15, 0.2) is 24.3 Å². The van der Waals surface area contributed by atoms with Crippen molar-refractivity contribution < 1.29 is 19.0 Å². The van der Waals surface area contributed by atoms with E-state index in [-0.39, 0.29) is 24.7 Å². The standard InChI is InChI=1S/C18H25NO4/c1-14-6-2-3-8-17(14)23-16-10-19(11-16)18(20)13-21-12-15-7-4-5-9-22-15/h2-3,6,8,15-16H,4-5,7,9-13H2,1H3. The number of ether oxygens (including phenoxy) is 3. The Morgan fingerprint density at radius 1 is 1.30 bits per heavy atom. The van der Waals surface area contributed by atoms with Gasteiger partial charge in [0.2, 0.25) is 5.91 Å². The Labute approximate surface area is 137 Å². The molecule has 1 amide bonds. The van der Waals surface area contributed by atoms with Crippen LogP contribution in [0.3, 0.4) is 0 Å². The molecule has 5 nitrogen and oxygen atoms in total. The van der Waals surface area contributed by atoms with E-state index in [1.165, 1.54) is 6.42 Å². The molecule has 1 aromatic carbocycles. The first-order valence-electron chi connectivity index (χ1n) is 8.42. The topological polar surface area (TPSA) is 48.0 Å². The third-order valence-corrected chi connectivity index (χ3v) is 4.39. The van der Waals surface area contributed by atoms with Crippen LogP contribution in [0.25, 0.3) is 0 Å². The molecule has 0 radical (unpaired) electrons. The molecule has 2 aliphatic heterocycles. The summed E-state index contributed by atoms with van der Waals surface area (Å²) in [5.74, 6) is 0.931. The van der Waals surface area contributed by atoms with Gasteiger partial charge in [-0.05, 0) is 37.8 Å². The van der Waals surface area contributed by atoms with E-state index in [4.69, 9.17) is 14.2 Å². The van der Waals surface area contributed by atoms with E-state index < -0.39 is 0 Å². The van der Waals surface area contributed by atoms with Crippen LogP contribution in [-0.2, 0) is 14.3 Å². The molecular weight excluding hydrogens is 294 g/mol. The normalized spacial score (nSPS) is 21.8. The van der Waals surface area contributed by atoms with E-state index in [1.807, 2.05) is 31.2 Å². The predicted octanol–water partition coefficient (Wildman–Crippen LogP) is 2.17. The average molecular weight is 319 g/mol. The predicted molar refractivity (Wildman–Crippen MR) is 86.6 cm³/mol. The summed E-state index contributed by atoms with van der Waals surface area (Å²) in [5, 5.41) is 0. The van der Waals surface area contributed by atoms with E-state index in [0.29, 0.717) is 19.7 Å². The number of nitrogens with zero attached hydrogens (tertiary/aromatic N) is 1. The SMILES string of the molecule is Cc1ccccc1OC1CN(C(=O)COCC2CCCCO2)C1. The summed E-state index contributed by atoms with van der Waals surface area (Å²) in [6.45, 7) is 4.76. The Kier molecular flexibility index (Phi) is 5.51. The number of rotatable bonds is 6. The maximum Gasteiger partial charge on any atom is 0.248 e. The van der Waals surface area contributed by atoms with Gasteiger partial charge in [-0.2, -0.15) is 0 Å². The van der Waals surface area contributed by atoms with Gasteiger partial charge < -0.3 is 19.1 Å². The summed E-state index contributed by atoms with van der Waals surface area (Å²) in [6, 6.07) is 7.95. The first-order valence-corrected chi connectivity index (χ1v) is 8.42. The maximum absolute atomic E-state index is 12.0. The lowest BCUT2D eigenvalue weighted by Gasteiger charge is -2.39. The minimum absolute atomic E-state index is 0.0328. The molecule has 2 heterocycles. The Bertz CT molecular complexity index is 522. The second kappa shape index (κ2) is 7.79. The zero-order valence-corrected chi connectivity index (χ0v) is 13.7. The summed E-state index contributed by atoms with van der Waals surface area (Å²) in [7, 11) is 0. The lowest BCUT2D eigenvalue weighted by atomic mass is 10.1. The number of para-hydroxylation sites is 1. The van der Waals surface area contributed by atoms with Crippen LogP contribution in [0, 0.1) is 6.92 Å². The van der Waals surface area contributed by atoms with Crippen LogP contribution in [0.1, 0.15) is 24.8 Å². The Morgan fingerprint density at radius 3 is 2.87 bits per heavy atom. The molecule has 2 fully saturated rings. The van der Waals surface area contributed by atoms with Gasteiger partial charge in [0.05, 0.1) is 25.8 Å². The smallest absolute Gasteiger partial charge is 0.248 e. The second-order valence-corrected chi connectivity index (χ2v) is 6.31. The molecule has 0 saturated carbocycles. The molecule has 1 aromatic rings. The van der Waals surface area contributed by atoms with Crippen molar-refractivity contribution in [3.63, 3.8) is 0 Å². The molecule has 5 heteroatoms. The van der Waals surface area contributed by atoms with Crippen molar-refractivity contribution in [2.45, 2.75) is 38.4 Å². The number of benzene rings is 1. The Morgan fingerprint density at radius 2 is 2.13 bits per heavy atom. The van der Waals surface area contributed by atoms with Gasteiger partial charge in [0.1, 0.15) is 18.5 Å². The number of amides is 1. The lowest BCUT2D eigenvalue weighted by molar-refractivity contribution is -0.146. The van der Waals surface area contributed by atoms with Crippen LogP contribution < -0.4 is 4.74 Å². The molecule has 23 heavy (non-hydrogen) atoms. The fourth-order valence-corrected chi connectivity index (χ4v) is 2.89. The quantitative estimate of drug-likeness (QED) is 0.806. The van der Waals surface area contributed by atoms with Gasteiger partial charge >= 0.3 is 0 Å². The molecule has 1 unspecified atom stereocenters. The molecule has 126 valence electrons. The highest BCUT2D eigenvalue weighted by atomic mass is 16.5. The summed E-state index contributed by atoms with van der Waals surface area (Å²) in [5.41, 5.74) is 1.12. The fraction of sp³-hybridized carbons (Fsp3) is 0.611. The van der Waals surface area contributed by atoms with Crippen LogP contribution in [0.4, 0.5) is 0 Å². The van der Waals surface area contributed by atoms with Gasteiger partial charge in [0.25, 0.3) is 0 Å². The van der Waals surface area contributed by atoms with Gasteiger partial charge in [-0.15, -0.1) is 0 Å². The minimum atomic E-state index is 0.0328. The third kappa shape index (κ3) is 4.45. The monoisotopic (exact) mass is 319 g/mol. The molecule has 2 saturated heterocycles. The molecule has 0 bridgehead atoms. The Hall–Kier alpha value is -1.59. The van der Waals surface area contributed by atoms with Crippen LogP contribution in [-0.4, -0.2) is 55.9 Å². The first-order chi connectivity index (χ1) is 11.2. The van der Waals surface area contributed by atoms with Gasteiger partial charge in [-0.25, -0.2) is 0 Å². The number of aryl methyl sites for hydroxylation is 1. The highest BCUT2D eigenvalue weighted by molar-refractivity contribution is 5.78. The highest BCUT2D eigenvalue weighted by Gasteiger charge is 2.32. The second-order valence-electron chi connectivity index (χ2n) is 6.31. The number of hydrogen-bond acceptors (Lipinski definition) is 4. The molecule has 0 aliphatic carbocycles. The van der Waals surface area contributed by atoms with Gasteiger partial charge in [-0.1, -0.05) is 18.2 Å². The molecule has 0 aromatic heterocycles. The van der Waals surface area contributed by atoms with Crippen molar-refractivity contribution in [1.29, 1.82) is 0 Å². The van der Waals surface area contributed by atoms with E-state index in [2.05, 4.69) is 0 Å². The van der Waals surface area contributed by atoms with Crippen molar-refractivity contribution in [3.8, 4) is 5.75 Å². The van der Waals surface area contributed by atoms with Gasteiger partial charge in [0.15, 0.2) is 0 Å². The molecular formula is C18H25NO4. The van der Waals surface area contributed by atoms with Gasteiger partial charge in [-0.3, -0.25) is 4.79 Å². The van der Waals surface area contributed by atoms with Crippen molar-refractivity contribution in [2.75, 3.05) is 32.9 Å². The first kappa shape index (κ1) is 16.3. The van der Waals surface area contributed by atoms with E-state index >= 15 is 0 Å². The molecule has 2 aliphatic rings. The fourth-order valence-electron chi connectivity index (χ4n) is 2.89. The molecule has 1 atom stereocenters. The third-order valence-electron chi connectivity index (χ3n) is 4.39. The van der Waals surface area contributed by atoms with Crippen LogP contribution in [0.2, 0.25) is 0 Å². The zero-order chi connectivity index (χ0) is 16.1. The zero-order valence-electron chi connectivity index (χ0n) is 13.7. The minimum Gasteiger partial charge on any atom is -0.486 e. The average Bonchev–Trinajstić information content (AvgIpc) is 2.53. The number of carbonyl (C=O) groups excluding carboxylic acids is 1. The summed E-state index contributed by atoms with van der Waals surface area (Å²) in [4.78, 5) is 13.8. The number of hydrogen-bond donors (Lipinski definition) is 0. The molecule has 0 spiro atoms. The number of carbonyl (C=O) groups is 1. The van der Waals surface area contributed by atoms with Gasteiger partial charge in [0, 0.05) is 6.61 Å². The lowest BCUT2D eigenvalue weighted by Crippen LogP contribution is -2.57. The van der Waals surface area contributed by atoms with E-state index in [1.54, 1.807) is 4.90 Å². The van der Waals surface area contributed by atoms with Crippen molar-refractivity contribution in [2.24, 2.45) is 0 Å². The van der Waals surface area contributed by atoms with E-state index in [0.717, 1.165) is 30.8 Å². The highest BCUT2D eigenvalue weighted by Crippen LogP contribution is 2.21. The Balaban J connectivity index is 1.32. The van der Waals surface area contributed by atoms with Crippen molar-refractivity contribution >= 4 is 5.91 Å². The number of likely N-dealkylation sites (tertiary alicyclic amines) is 1. The van der Waals surface area contributed by atoms with Crippen LogP contribution in [0.5, 0.6) is 5.75 Å². The summed E-state index contributed by atoms with van der Waals surface area (Å²) < 4.78 is 17.0. The molecule has 3 rings (SSSR count). The maximum atomic E-state index is 12.0. The van der Waals surface area contributed by atoms with Crippen LogP contribution >= 0.6 is 0 Å². The summed E-state index contributed by atoms with van der Waals surface area (Å²) >= 11 is 0.